The molecule has 0 radical (unpaired) electrons. The SMILES string of the molecule is CCC(=O)c1cc(F)c(Oc2ncnc(N3CCN(c4ccccn4)CC3)c2[N+](=O)[O-])c(F)c1. The minimum absolute atomic E-state index is 0.0192. The first kappa shape index (κ1) is 23.0. The van der Waals surface area contributed by atoms with Crippen molar-refractivity contribution in [2.75, 3.05) is 36.0 Å². The second-order valence-corrected chi connectivity index (χ2v) is 7.42. The maximum atomic E-state index is 14.5. The van der Waals surface area contributed by atoms with Crippen LogP contribution in [0.3, 0.4) is 0 Å². The number of carbonyl (C=O) groups excluding carboxylic acids is 1. The molecule has 0 bridgehead atoms. The van der Waals surface area contributed by atoms with E-state index in [-0.39, 0.29) is 17.8 Å². The molecule has 3 aromatic rings. The number of ketones is 1. The molecule has 0 atom stereocenters. The van der Waals surface area contributed by atoms with E-state index in [1.165, 1.54) is 0 Å². The zero-order valence-electron chi connectivity index (χ0n) is 18.1. The van der Waals surface area contributed by atoms with Crippen LogP contribution in [-0.2, 0) is 0 Å². The van der Waals surface area contributed by atoms with Crippen molar-refractivity contribution in [3.8, 4) is 11.6 Å². The summed E-state index contributed by atoms with van der Waals surface area (Å²) in [5.41, 5.74) is -0.769. The Morgan fingerprint density at radius 3 is 2.35 bits per heavy atom. The highest BCUT2D eigenvalue weighted by Gasteiger charge is 2.32. The van der Waals surface area contributed by atoms with Gasteiger partial charge in [0.15, 0.2) is 17.4 Å². The van der Waals surface area contributed by atoms with Gasteiger partial charge in [0.2, 0.25) is 11.6 Å². The van der Waals surface area contributed by atoms with Crippen LogP contribution in [0.1, 0.15) is 23.7 Å². The van der Waals surface area contributed by atoms with Gasteiger partial charge in [-0.2, -0.15) is 4.98 Å². The summed E-state index contributed by atoms with van der Waals surface area (Å²) in [6.07, 6.45) is 2.78. The van der Waals surface area contributed by atoms with E-state index >= 15 is 0 Å². The van der Waals surface area contributed by atoms with E-state index in [2.05, 4.69) is 15.0 Å². The summed E-state index contributed by atoms with van der Waals surface area (Å²) in [6, 6.07) is 7.21. The summed E-state index contributed by atoms with van der Waals surface area (Å²) in [6.45, 7) is 3.41. The Kier molecular flexibility index (Phi) is 6.57. The molecule has 0 spiro atoms. The summed E-state index contributed by atoms with van der Waals surface area (Å²) in [7, 11) is 0. The monoisotopic (exact) mass is 470 g/mol. The molecule has 34 heavy (non-hydrogen) atoms. The molecule has 10 nitrogen and oxygen atoms in total. The fourth-order valence-electron chi connectivity index (χ4n) is 3.63. The number of carbonyl (C=O) groups is 1. The number of rotatable bonds is 7. The third kappa shape index (κ3) is 4.60. The van der Waals surface area contributed by atoms with Gasteiger partial charge in [-0.05, 0) is 24.3 Å². The van der Waals surface area contributed by atoms with E-state index in [0.717, 1.165) is 24.3 Å². The van der Waals surface area contributed by atoms with Crippen molar-refractivity contribution in [3.63, 3.8) is 0 Å². The Morgan fingerprint density at radius 1 is 1.09 bits per heavy atom. The van der Waals surface area contributed by atoms with Gasteiger partial charge in [0, 0.05) is 44.4 Å². The molecule has 0 amide bonds. The number of Topliss-reactive ketones (excluding diaryl/α,β-unsaturated/α-hetero) is 1. The lowest BCUT2D eigenvalue weighted by Gasteiger charge is -2.35. The number of nitrogens with zero attached hydrogens (tertiary/aromatic N) is 6. The van der Waals surface area contributed by atoms with E-state index in [4.69, 9.17) is 4.74 Å². The van der Waals surface area contributed by atoms with Crippen LogP contribution in [0.5, 0.6) is 11.6 Å². The largest absolute Gasteiger partial charge is 0.427 e. The molecule has 1 fully saturated rings. The number of anilines is 2. The van der Waals surface area contributed by atoms with Crippen LogP contribution in [0.4, 0.5) is 26.1 Å². The molecule has 1 aromatic carbocycles. The minimum atomic E-state index is -1.17. The van der Waals surface area contributed by atoms with Gasteiger partial charge in [0.05, 0.1) is 4.92 Å². The van der Waals surface area contributed by atoms with E-state index < -0.39 is 39.7 Å². The minimum Gasteiger partial charge on any atom is -0.427 e. The van der Waals surface area contributed by atoms with Gasteiger partial charge in [-0.1, -0.05) is 13.0 Å². The molecule has 2 aromatic heterocycles. The maximum absolute atomic E-state index is 14.5. The fourth-order valence-corrected chi connectivity index (χ4v) is 3.63. The number of aromatic nitrogens is 3. The van der Waals surface area contributed by atoms with Crippen molar-refractivity contribution in [3.05, 3.63) is 70.2 Å². The lowest BCUT2D eigenvalue weighted by atomic mass is 10.1. The van der Waals surface area contributed by atoms with E-state index in [1.54, 1.807) is 18.0 Å². The number of nitro groups is 1. The Balaban J connectivity index is 1.61. The molecule has 1 aliphatic rings. The molecule has 176 valence electrons. The predicted molar refractivity (Wildman–Crippen MR) is 118 cm³/mol. The fraction of sp³-hybridized carbons (Fsp3) is 0.273. The van der Waals surface area contributed by atoms with Gasteiger partial charge < -0.3 is 14.5 Å². The molecule has 4 rings (SSSR count). The Hall–Kier alpha value is -4.22. The van der Waals surface area contributed by atoms with Gasteiger partial charge in [0.1, 0.15) is 12.1 Å². The summed E-state index contributed by atoms with van der Waals surface area (Å²) in [5, 5.41) is 11.9. The van der Waals surface area contributed by atoms with Crippen LogP contribution in [0.15, 0.2) is 42.9 Å². The average molecular weight is 470 g/mol. The van der Waals surface area contributed by atoms with Crippen LogP contribution in [0, 0.1) is 21.7 Å². The van der Waals surface area contributed by atoms with Crippen molar-refractivity contribution in [1.29, 1.82) is 0 Å². The molecule has 1 aliphatic heterocycles. The number of hydrogen-bond donors (Lipinski definition) is 0. The first-order chi connectivity index (χ1) is 16.4. The molecule has 1 saturated heterocycles. The van der Waals surface area contributed by atoms with Gasteiger partial charge in [0.25, 0.3) is 0 Å². The highest BCUT2D eigenvalue weighted by molar-refractivity contribution is 5.96. The zero-order valence-corrected chi connectivity index (χ0v) is 18.1. The van der Waals surface area contributed by atoms with E-state index in [1.807, 2.05) is 23.1 Å². The number of pyridine rings is 1. The lowest BCUT2D eigenvalue weighted by Crippen LogP contribution is -2.47. The predicted octanol–water partition coefficient (Wildman–Crippen LogP) is 3.77. The van der Waals surface area contributed by atoms with Crippen molar-refractivity contribution in [2.24, 2.45) is 0 Å². The Labute approximate surface area is 193 Å². The first-order valence-electron chi connectivity index (χ1n) is 10.5. The highest BCUT2D eigenvalue weighted by Crippen LogP contribution is 2.38. The Morgan fingerprint density at radius 2 is 1.76 bits per heavy atom. The van der Waals surface area contributed by atoms with Gasteiger partial charge in [-0.15, -0.1) is 0 Å². The van der Waals surface area contributed by atoms with Crippen molar-refractivity contribution in [2.45, 2.75) is 13.3 Å². The second-order valence-electron chi connectivity index (χ2n) is 7.42. The van der Waals surface area contributed by atoms with E-state index in [9.17, 15) is 23.7 Å². The standard InChI is InChI=1S/C22H20F2N6O4/c1-2-17(31)14-11-15(23)20(16(24)12-14)34-22-19(30(32)33)21(26-13-27-22)29-9-7-28(8-10-29)18-5-3-4-6-25-18/h3-6,11-13H,2,7-10H2,1H3. The van der Waals surface area contributed by atoms with Gasteiger partial charge in [-0.3, -0.25) is 14.9 Å². The lowest BCUT2D eigenvalue weighted by molar-refractivity contribution is -0.385. The third-order valence-electron chi connectivity index (χ3n) is 5.34. The molecule has 12 heteroatoms. The highest BCUT2D eigenvalue weighted by atomic mass is 19.1. The number of piperazine rings is 1. The van der Waals surface area contributed by atoms with Crippen LogP contribution >= 0.6 is 0 Å². The summed E-state index contributed by atoms with van der Waals surface area (Å²) in [4.78, 5) is 38.7. The summed E-state index contributed by atoms with van der Waals surface area (Å²) in [5.74, 6) is -3.52. The van der Waals surface area contributed by atoms with Gasteiger partial charge >= 0.3 is 11.6 Å². The molecular weight excluding hydrogens is 450 g/mol. The molecule has 0 N–H and O–H groups in total. The summed E-state index contributed by atoms with van der Waals surface area (Å²) < 4.78 is 34.3. The normalized spacial score (nSPS) is 13.6. The van der Waals surface area contributed by atoms with Crippen LogP contribution in [0.25, 0.3) is 0 Å². The van der Waals surface area contributed by atoms with E-state index in [0.29, 0.717) is 26.2 Å². The average Bonchev–Trinajstić information content (AvgIpc) is 2.86. The van der Waals surface area contributed by atoms with Crippen LogP contribution < -0.4 is 14.5 Å². The number of halogens is 2. The molecule has 0 saturated carbocycles. The quantitative estimate of drug-likeness (QED) is 0.289. The maximum Gasteiger partial charge on any atom is 0.373 e. The molecule has 0 aliphatic carbocycles. The zero-order chi connectivity index (χ0) is 24.2. The topological polar surface area (TPSA) is 115 Å². The first-order valence-corrected chi connectivity index (χ1v) is 10.5. The van der Waals surface area contributed by atoms with Crippen LogP contribution in [0.2, 0.25) is 0 Å². The van der Waals surface area contributed by atoms with Crippen molar-refractivity contribution in [1.82, 2.24) is 15.0 Å². The number of hydrogen-bond acceptors (Lipinski definition) is 9. The smallest absolute Gasteiger partial charge is 0.373 e. The van der Waals surface area contributed by atoms with Crippen molar-refractivity contribution < 1.29 is 23.2 Å². The van der Waals surface area contributed by atoms with Gasteiger partial charge in [-0.25, -0.2) is 18.7 Å². The second kappa shape index (κ2) is 9.73. The number of benzene rings is 1. The molecular formula is C22H20F2N6O4. The Bertz CT molecular complexity index is 1200. The van der Waals surface area contributed by atoms with Crippen molar-refractivity contribution >= 4 is 23.1 Å². The summed E-state index contributed by atoms with van der Waals surface area (Å²) >= 11 is 0. The molecule has 3 heterocycles. The third-order valence-corrected chi connectivity index (χ3v) is 5.34. The molecule has 0 unspecified atom stereocenters. The van der Waals surface area contributed by atoms with Crippen LogP contribution in [-0.4, -0.2) is 51.8 Å². The number of ether oxygens (including phenoxy) is 1.